The second-order valence-electron chi connectivity index (χ2n) is 7.07. The van der Waals surface area contributed by atoms with Gasteiger partial charge in [0.1, 0.15) is 12.1 Å². The third kappa shape index (κ3) is 5.29. The van der Waals surface area contributed by atoms with Crippen molar-refractivity contribution in [2.45, 2.75) is 33.0 Å². The number of hydrogen-bond donors (Lipinski definition) is 0. The van der Waals surface area contributed by atoms with Crippen molar-refractivity contribution >= 4 is 5.91 Å². The van der Waals surface area contributed by atoms with Gasteiger partial charge < -0.3 is 9.32 Å². The molecule has 0 aliphatic rings. The molecule has 0 saturated heterocycles. The Morgan fingerprint density at radius 3 is 2.59 bits per heavy atom. The van der Waals surface area contributed by atoms with Gasteiger partial charge in [0.15, 0.2) is 5.69 Å². The zero-order chi connectivity index (χ0) is 20.8. The maximum absolute atomic E-state index is 13.7. The van der Waals surface area contributed by atoms with Crippen molar-refractivity contribution in [3.63, 3.8) is 0 Å². The largest absolute Gasteiger partial charge is 0.447 e. The first-order valence-corrected chi connectivity index (χ1v) is 9.71. The fourth-order valence-corrected chi connectivity index (χ4v) is 3.14. The summed E-state index contributed by atoms with van der Waals surface area (Å²) in [4.78, 5) is 20.4. The number of rotatable bonds is 8. The van der Waals surface area contributed by atoms with E-state index in [1.165, 1.54) is 18.4 Å². The maximum atomic E-state index is 13.7. The van der Waals surface area contributed by atoms with Crippen molar-refractivity contribution < 1.29 is 13.6 Å². The van der Waals surface area contributed by atoms with Crippen molar-refractivity contribution in [1.82, 2.24) is 14.8 Å². The van der Waals surface area contributed by atoms with Gasteiger partial charge in [0, 0.05) is 26.2 Å². The van der Waals surface area contributed by atoms with Gasteiger partial charge >= 0.3 is 0 Å². The standard InChI is InChI=1S/C23H26FN3O2/c1-4-26(3)23(28)21-16-29-22(25-21)15-27(14-18-9-8-12-20(24)13-18)17(2)19-10-6-5-7-11-19/h5-13,16-17H,4,14-15H2,1-3H3. The molecule has 0 fully saturated rings. The highest BCUT2D eigenvalue weighted by molar-refractivity contribution is 5.91. The summed E-state index contributed by atoms with van der Waals surface area (Å²) in [5.74, 6) is 0.0220. The van der Waals surface area contributed by atoms with Gasteiger partial charge in [-0.25, -0.2) is 9.37 Å². The molecule has 1 atom stereocenters. The molecular weight excluding hydrogens is 369 g/mol. The molecule has 1 unspecified atom stereocenters. The lowest BCUT2D eigenvalue weighted by Gasteiger charge is -2.28. The summed E-state index contributed by atoms with van der Waals surface area (Å²) in [6.45, 7) is 5.51. The van der Waals surface area contributed by atoms with Crippen LogP contribution in [0.2, 0.25) is 0 Å². The van der Waals surface area contributed by atoms with Gasteiger partial charge in [-0.1, -0.05) is 42.5 Å². The van der Waals surface area contributed by atoms with Gasteiger partial charge in [-0.05, 0) is 37.1 Å². The smallest absolute Gasteiger partial charge is 0.275 e. The number of halogens is 1. The molecule has 3 rings (SSSR count). The molecule has 1 amide bonds. The van der Waals surface area contributed by atoms with Crippen molar-refractivity contribution in [2.24, 2.45) is 0 Å². The average Bonchev–Trinajstić information content (AvgIpc) is 3.21. The molecule has 5 nitrogen and oxygen atoms in total. The van der Waals surface area contributed by atoms with E-state index in [0.29, 0.717) is 31.2 Å². The number of benzene rings is 2. The van der Waals surface area contributed by atoms with Crippen LogP contribution in [-0.4, -0.2) is 34.3 Å². The number of aromatic nitrogens is 1. The summed E-state index contributed by atoms with van der Waals surface area (Å²) < 4.78 is 19.3. The topological polar surface area (TPSA) is 49.6 Å². The van der Waals surface area contributed by atoms with E-state index in [0.717, 1.165) is 11.1 Å². The third-order valence-electron chi connectivity index (χ3n) is 5.03. The predicted octanol–water partition coefficient (Wildman–Crippen LogP) is 4.67. The van der Waals surface area contributed by atoms with E-state index in [1.54, 1.807) is 18.0 Å². The van der Waals surface area contributed by atoms with E-state index in [9.17, 15) is 9.18 Å². The molecule has 6 heteroatoms. The molecule has 0 N–H and O–H groups in total. The minimum atomic E-state index is -0.263. The molecule has 0 bridgehead atoms. The Morgan fingerprint density at radius 2 is 1.90 bits per heavy atom. The Morgan fingerprint density at radius 1 is 1.14 bits per heavy atom. The molecule has 1 heterocycles. The molecule has 3 aromatic rings. The van der Waals surface area contributed by atoms with E-state index in [4.69, 9.17) is 4.42 Å². The van der Waals surface area contributed by atoms with Crippen molar-refractivity contribution in [2.75, 3.05) is 13.6 Å². The quantitative estimate of drug-likeness (QED) is 0.556. The van der Waals surface area contributed by atoms with Crippen LogP contribution in [0.1, 0.15) is 47.4 Å². The Bertz CT molecular complexity index is 942. The third-order valence-corrected chi connectivity index (χ3v) is 5.03. The van der Waals surface area contributed by atoms with Gasteiger partial charge in [0.05, 0.1) is 6.54 Å². The molecule has 1 aromatic heterocycles. The van der Waals surface area contributed by atoms with Crippen LogP contribution >= 0.6 is 0 Å². The molecule has 2 aromatic carbocycles. The summed E-state index contributed by atoms with van der Waals surface area (Å²) in [5, 5.41) is 0. The highest BCUT2D eigenvalue weighted by Gasteiger charge is 2.21. The lowest BCUT2D eigenvalue weighted by Crippen LogP contribution is -2.27. The summed E-state index contributed by atoms with van der Waals surface area (Å²) >= 11 is 0. The van der Waals surface area contributed by atoms with E-state index < -0.39 is 0 Å². The van der Waals surface area contributed by atoms with Gasteiger partial charge in [0.25, 0.3) is 5.91 Å². The Hall–Kier alpha value is -2.99. The minimum absolute atomic E-state index is 0.0452. The molecule has 0 saturated carbocycles. The predicted molar refractivity (Wildman–Crippen MR) is 110 cm³/mol. The zero-order valence-corrected chi connectivity index (χ0v) is 17.0. The Kier molecular flexibility index (Phi) is 6.77. The second kappa shape index (κ2) is 9.47. The van der Waals surface area contributed by atoms with Gasteiger partial charge in [-0.15, -0.1) is 0 Å². The van der Waals surface area contributed by atoms with Crippen LogP contribution in [-0.2, 0) is 13.1 Å². The Balaban J connectivity index is 1.83. The molecule has 152 valence electrons. The second-order valence-corrected chi connectivity index (χ2v) is 7.07. The van der Waals surface area contributed by atoms with E-state index >= 15 is 0 Å². The number of carbonyl (C=O) groups is 1. The normalized spacial score (nSPS) is 12.2. The molecular formula is C23H26FN3O2. The van der Waals surface area contributed by atoms with Crippen LogP contribution in [0, 0.1) is 5.82 Å². The number of hydrogen-bond acceptors (Lipinski definition) is 4. The summed E-state index contributed by atoms with van der Waals surface area (Å²) in [6, 6.07) is 16.7. The van der Waals surface area contributed by atoms with Crippen LogP contribution in [0.3, 0.4) is 0 Å². The van der Waals surface area contributed by atoms with E-state index in [2.05, 4.69) is 28.9 Å². The highest BCUT2D eigenvalue weighted by atomic mass is 19.1. The first-order chi connectivity index (χ1) is 14.0. The maximum Gasteiger partial charge on any atom is 0.275 e. The molecule has 0 radical (unpaired) electrons. The van der Waals surface area contributed by atoms with Crippen LogP contribution in [0.5, 0.6) is 0 Å². The van der Waals surface area contributed by atoms with Crippen LogP contribution in [0.4, 0.5) is 4.39 Å². The molecule has 0 aliphatic heterocycles. The monoisotopic (exact) mass is 395 g/mol. The average molecular weight is 395 g/mol. The van der Waals surface area contributed by atoms with Gasteiger partial charge in [-0.2, -0.15) is 0 Å². The van der Waals surface area contributed by atoms with Crippen molar-refractivity contribution in [3.05, 3.63) is 89.4 Å². The van der Waals surface area contributed by atoms with Gasteiger partial charge in [-0.3, -0.25) is 9.69 Å². The molecule has 29 heavy (non-hydrogen) atoms. The number of amides is 1. The lowest BCUT2D eigenvalue weighted by molar-refractivity contribution is 0.0796. The van der Waals surface area contributed by atoms with Crippen LogP contribution in [0.25, 0.3) is 0 Å². The first-order valence-electron chi connectivity index (χ1n) is 9.71. The first kappa shape index (κ1) is 20.7. The summed E-state index contributed by atoms with van der Waals surface area (Å²) in [7, 11) is 1.73. The van der Waals surface area contributed by atoms with E-state index in [-0.39, 0.29) is 17.8 Å². The fourth-order valence-electron chi connectivity index (χ4n) is 3.14. The van der Waals surface area contributed by atoms with Crippen LogP contribution in [0.15, 0.2) is 65.3 Å². The number of carbonyl (C=O) groups excluding carboxylic acids is 1. The minimum Gasteiger partial charge on any atom is -0.447 e. The van der Waals surface area contributed by atoms with Crippen molar-refractivity contribution in [3.8, 4) is 0 Å². The zero-order valence-electron chi connectivity index (χ0n) is 17.0. The van der Waals surface area contributed by atoms with Crippen molar-refractivity contribution in [1.29, 1.82) is 0 Å². The molecule has 0 spiro atoms. The Labute approximate surface area is 170 Å². The highest BCUT2D eigenvalue weighted by Crippen LogP contribution is 2.24. The van der Waals surface area contributed by atoms with Crippen LogP contribution < -0.4 is 0 Å². The summed E-state index contributed by atoms with van der Waals surface area (Å²) in [5.41, 5.74) is 2.29. The lowest BCUT2D eigenvalue weighted by atomic mass is 10.1. The fraction of sp³-hybridized carbons (Fsp3) is 0.304. The summed E-state index contributed by atoms with van der Waals surface area (Å²) in [6.07, 6.45) is 1.40. The molecule has 0 aliphatic carbocycles. The van der Waals surface area contributed by atoms with Gasteiger partial charge in [0.2, 0.25) is 5.89 Å². The SMILES string of the molecule is CCN(C)C(=O)c1coc(CN(Cc2cccc(F)c2)C(C)c2ccccc2)n1. The number of oxazole rings is 1. The van der Waals surface area contributed by atoms with E-state index in [1.807, 2.05) is 31.2 Å². The number of nitrogens with zero attached hydrogens (tertiary/aromatic N) is 3.